The first kappa shape index (κ1) is 17.3. The highest BCUT2D eigenvalue weighted by Crippen LogP contribution is 2.42. The van der Waals surface area contributed by atoms with Crippen LogP contribution in [0, 0.1) is 0 Å². The third kappa shape index (κ3) is 3.44. The molecule has 0 bridgehead atoms. The Morgan fingerprint density at radius 1 is 0.962 bits per heavy atom. The predicted octanol–water partition coefficient (Wildman–Crippen LogP) is 4.94. The van der Waals surface area contributed by atoms with E-state index >= 15 is 0 Å². The predicted molar refractivity (Wildman–Crippen MR) is 102 cm³/mol. The standard InChI is InChI=1S/C22H18O4/c1-26-18-14-17(13-12-15-8-4-2-5-9-15)20(22(24)25)21(23)19(18)16-10-6-3-7-11-16/h2-14,23H,1H3,(H,24,25). The number of carboxylic acid groups (broad SMARTS) is 1. The largest absolute Gasteiger partial charge is 0.506 e. The summed E-state index contributed by atoms with van der Waals surface area (Å²) in [6, 6.07) is 20.2. The Kier molecular flexibility index (Phi) is 5.04. The average Bonchev–Trinajstić information content (AvgIpc) is 2.67. The molecule has 0 heterocycles. The summed E-state index contributed by atoms with van der Waals surface area (Å²) in [6.07, 6.45) is 3.46. The van der Waals surface area contributed by atoms with Gasteiger partial charge < -0.3 is 14.9 Å². The van der Waals surface area contributed by atoms with Crippen LogP contribution in [0.25, 0.3) is 23.3 Å². The van der Waals surface area contributed by atoms with Crippen molar-refractivity contribution >= 4 is 18.1 Å². The van der Waals surface area contributed by atoms with Crippen LogP contribution in [-0.2, 0) is 0 Å². The second kappa shape index (κ2) is 7.57. The Hall–Kier alpha value is -3.53. The molecule has 0 saturated carbocycles. The van der Waals surface area contributed by atoms with Crippen LogP contribution < -0.4 is 4.74 Å². The lowest BCUT2D eigenvalue weighted by molar-refractivity contribution is 0.0693. The number of rotatable bonds is 5. The Bertz CT molecular complexity index is 945. The molecule has 0 aromatic heterocycles. The highest BCUT2D eigenvalue weighted by molar-refractivity contribution is 6.00. The SMILES string of the molecule is COc1cc(C=Cc2ccccc2)c(C(=O)O)c(O)c1-c1ccccc1. The molecule has 26 heavy (non-hydrogen) atoms. The Morgan fingerprint density at radius 3 is 2.15 bits per heavy atom. The first-order valence-electron chi connectivity index (χ1n) is 8.07. The van der Waals surface area contributed by atoms with Crippen LogP contribution in [0.2, 0.25) is 0 Å². The summed E-state index contributed by atoms with van der Waals surface area (Å²) in [5.74, 6) is -1.10. The van der Waals surface area contributed by atoms with E-state index in [1.165, 1.54) is 7.11 Å². The first-order chi connectivity index (χ1) is 12.6. The van der Waals surface area contributed by atoms with Crippen LogP contribution >= 0.6 is 0 Å². The third-order valence-electron chi connectivity index (χ3n) is 4.05. The van der Waals surface area contributed by atoms with Crippen LogP contribution in [0.3, 0.4) is 0 Å². The number of hydrogen-bond donors (Lipinski definition) is 2. The number of aromatic carboxylic acids is 1. The van der Waals surface area contributed by atoms with Crippen molar-refractivity contribution < 1.29 is 19.7 Å². The number of aromatic hydroxyl groups is 1. The number of benzene rings is 3. The summed E-state index contributed by atoms with van der Waals surface area (Å²) in [7, 11) is 1.49. The van der Waals surface area contributed by atoms with Gasteiger partial charge in [0.25, 0.3) is 0 Å². The van der Waals surface area contributed by atoms with E-state index in [9.17, 15) is 15.0 Å². The van der Waals surface area contributed by atoms with Gasteiger partial charge in [-0.3, -0.25) is 0 Å². The Morgan fingerprint density at radius 2 is 1.58 bits per heavy atom. The molecule has 0 spiro atoms. The molecule has 4 nitrogen and oxygen atoms in total. The molecule has 0 aliphatic heterocycles. The highest BCUT2D eigenvalue weighted by atomic mass is 16.5. The molecule has 3 aromatic rings. The highest BCUT2D eigenvalue weighted by Gasteiger charge is 2.22. The second-order valence-electron chi connectivity index (χ2n) is 5.68. The van der Waals surface area contributed by atoms with Crippen molar-refractivity contribution in [1.29, 1.82) is 0 Å². The molecule has 0 fully saturated rings. The average molecular weight is 346 g/mol. The number of carboxylic acids is 1. The van der Waals surface area contributed by atoms with Gasteiger partial charge in [0.1, 0.15) is 17.1 Å². The number of methoxy groups -OCH3 is 1. The molecule has 0 unspecified atom stereocenters. The molecule has 0 aliphatic rings. The summed E-state index contributed by atoms with van der Waals surface area (Å²) in [5, 5.41) is 20.4. The van der Waals surface area contributed by atoms with Gasteiger partial charge in [-0.15, -0.1) is 0 Å². The zero-order valence-electron chi connectivity index (χ0n) is 14.2. The molecule has 0 saturated heterocycles. The maximum absolute atomic E-state index is 11.8. The zero-order chi connectivity index (χ0) is 18.5. The molecular weight excluding hydrogens is 328 g/mol. The van der Waals surface area contributed by atoms with Crippen LogP contribution in [0.5, 0.6) is 11.5 Å². The molecular formula is C22H18O4. The van der Waals surface area contributed by atoms with Crippen molar-refractivity contribution in [3.8, 4) is 22.6 Å². The second-order valence-corrected chi connectivity index (χ2v) is 5.68. The lowest BCUT2D eigenvalue weighted by atomic mass is 9.95. The minimum atomic E-state index is -1.20. The molecule has 0 amide bonds. The lowest BCUT2D eigenvalue weighted by Crippen LogP contribution is -2.03. The van der Waals surface area contributed by atoms with E-state index in [2.05, 4.69) is 0 Å². The van der Waals surface area contributed by atoms with E-state index in [0.717, 1.165) is 5.56 Å². The maximum Gasteiger partial charge on any atom is 0.340 e. The van der Waals surface area contributed by atoms with E-state index in [1.807, 2.05) is 48.5 Å². The van der Waals surface area contributed by atoms with Crippen molar-refractivity contribution in [3.63, 3.8) is 0 Å². The number of carbonyl (C=O) groups is 1. The van der Waals surface area contributed by atoms with E-state index in [0.29, 0.717) is 22.4 Å². The van der Waals surface area contributed by atoms with Crippen molar-refractivity contribution in [3.05, 3.63) is 83.4 Å². The van der Waals surface area contributed by atoms with Gasteiger partial charge in [-0.25, -0.2) is 4.79 Å². The van der Waals surface area contributed by atoms with Crippen molar-refractivity contribution in [2.75, 3.05) is 7.11 Å². The van der Waals surface area contributed by atoms with E-state index in [1.54, 1.807) is 30.4 Å². The fourth-order valence-electron chi connectivity index (χ4n) is 2.82. The summed E-state index contributed by atoms with van der Waals surface area (Å²) in [5.41, 5.74) is 2.19. The van der Waals surface area contributed by atoms with Gasteiger partial charge in [0.2, 0.25) is 0 Å². The third-order valence-corrected chi connectivity index (χ3v) is 4.05. The molecule has 2 N–H and O–H groups in total. The monoisotopic (exact) mass is 346 g/mol. The Labute approximate surface area is 151 Å². The van der Waals surface area contributed by atoms with Crippen LogP contribution in [-0.4, -0.2) is 23.3 Å². The normalized spacial score (nSPS) is 10.8. The zero-order valence-corrected chi connectivity index (χ0v) is 14.2. The van der Waals surface area contributed by atoms with Crippen LogP contribution in [0.1, 0.15) is 21.5 Å². The summed E-state index contributed by atoms with van der Waals surface area (Å²) in [6.45, 7) is 0. The van der Waals surface area contributed by atoms with Crippen molar-refractivity contribution in [2.24, 2.45) is 0 Å². The van der Waals surface area contributed by atoms with Gasteiger partial charge in [0.05, 0.1) is 12.7 Å². The van der Waals surface area contributed by atoms with E-state index < -0.39 is 5.97 Å². The minimum absolute atomic E-state index is 0.156. The van der Waals surface area contributed by atoms with Gasteiger partial charge >= 0.3 is 5.97 Å². The van der Waals surface area contributed by atoms with Crippen molar-refractivity contribution in [2.45, 2.75) is 0 Å². The maximum atomic E-state index is 11.8. The molecule has 0 radical (unpaired) electrons. The fraction of sp³-hybridized carbons (Fsp3) is 0.0455. The Balaban J connectivity index is 2.18. The molecule has 130 valence electrons. The molecule has 3 rings (SSSR count). The van der Waals surface area contributed by atoms with E-state index in [-0.39, 0.29) is 11.3 Å². The first-order valence-corrected chi connectivity index (χ1v) is 8.07. The van der Waals surface area contributed by atoms with Gasteiger partial charge in [0.15, 0.2) is 0 Å². The van der Waals surface area contributed by atoms with Gasteiger partial charge in [-0.2, -0.15) is 0 Å². The minimum Gasteiger partial charge on any atom is -0.506 e. The van der Waals surface area contributed by atoms with Crippen LogP contribution in [0.4, 0.5) is 0 Å². The van der Waals surface area contributed by atoms with Gasteiger partial charge in [-0.05, 0) is 22.8 Å². The van der Waals surface area contributed by atoms with Gasteiger partial charge in [-0.1, -0.05) is 72.8 Å². The van der Waals surface area contributed by atoms with Crippen LogP contribution in [0.15, 0.2) is 66.7 Å². The molecule has 3 aromatic carbocycles. The fourth-order valence-corrected chi connectivity index (χ4v) is 2.82. The molecule has 0 atom stereocenters. The summed E-state index contributed by atoms with van der Waals surface area (Å²) < 4.78 is 5.42. The smallest absolute Gasteiger partial charge is 0.340 e. The summed E-state index contributed by atoms with van der Waals surface area (Å²) >= 11 is 0. The van der Waals surface area contributed by atoms with E-state index in [4.69, 9.17) is 4.74 Å². The topological polar surface area (TPSA) is 66.8 Å². The lowest BCUT2D eigenvalue weighted by Gasteiger charge is -2.15. The summed E-state index contributed by atoms with van der Waals surface area (Å²) in [4.78, 5) is 11.8. The van der Waals surface area contributed by atoms with Crippen molar-refractivity contribution in [1.82, 2.24) is 0 Å². The quantitative estimate of drug-likeness (QED) is 0.642. The number of ether oxygens (including phenoxy) is 1. The molecule has 0 aliphatic carbocycles. The number of hydrogen-bond acceptors (Lipinski definition) is 3. The molecule has 4 heteroatoms. The van der Waals surface area contributed by atoms with Gasteiger partial charge in [0, 0.05) is 0 Å². The number of phenols is 1.